The molecule has 3 rings (SSSR count). The fraction of sp³-hybridized carbons (Fsp3) is 0.684. The summed E-state index contributed by atoms with van der Waals surface area (Å²) in [6, 6.07) is 4.98. The second kappa shape index (κ2) is 7.20. The minimum Gasteiger partial charge on any atom is -0.487 e. The van der Waals surface area contributed by atoms with E-state index in [4.69, 9.17) is 14.0 Å². The quantitative estimate of drug-likeness (QED) is 0.453. The molecule has 1 saturated heterocycles. The van der Waals surface area contributed by atoms with Gasteiger partial charge in [-0.25, -0.2) is 0 Å². The molecular formula is C19H28BNO5. The lowest BCUT2D eigenvalue weighted by Crippen LogP contribution is -2.41. The van der Waals surface area contributed by atoms with Crippen molar-refractivity contribution < 1.29 is 19.0 Å². The van der Waals surface area contributed by atoms with Gasteiger partial charge in [0.15, 0.2) is 5.75 Å². The van der Waals surface area contributed by atoms with Gasteiger partial charge in [-0.3, -0.25) is 10.1 Å². The van der Waals surface area contributed by atoms with Crippen molar-refractivity contribution in [2.24, 2.45) is 5.92 Å². The molecule has 0 unspecified atom stereocenters. The van der Waals surface area contributed by atoms with Crippen LogP contribution in [0.25, 0.3) is 0 Å². The van der Waals surface area contributed by atoms with Gasteiger partial charge in [0.2, 0.25) is 0 Å². The summed E-state index contributed by atoms with van der Waals surface area (Å²) in [5.74, 6) is 0.812. The average molecular weight is 361 g/mol. The summed E-state index contributed by atoms with van der Waals surface area (Å²) in [5, 5.41) is 11.5. The molecule has 1 aliphatic heterocycles. The van der Waals surface area contributed by atoms with Crippen LogP contribution < -0.4 is 10.2 Å². The monoisotopic (exact) mass is 361 g/mol. The maximum Gasteiger partial charge on any atom is 0.495 e. The minimum atomic E-state index is -0.619. The average Bonchev–Trinajstić information content (AvgIpc) is 2.81. The molecule has 0 amide bonds. The van der Waals surface area contributed by atoms with Gasteiger partial charge in [0.1, 0.15) is 0 Å². The van der Waals surface area contributed by atoms with E-state index in [9.17, 15) is 10.1 Å². The van der Waals surface area contributed by atoms with E-state index in [-0.39, 0.29) is 5.69 Å². The van der Waals surface area contributed by atoms with Gasteiger partial charge >= 0.3 is 12.8 Å². The van der Waals surface area contributed by atoms with Crippen molar-refractivity contribution in [1.29, 1.82) is 0 Å². The summed E-state index contributed by atoms with van der Waals surface area (Å²) in [7, 11) is -0.619. The Hall–Kier alpha value is -1.60. The third-order valence-electron chi connectivity index (χ3n) is 5.90. The van der Waals surface area contributed by atoms with Gasteiger partial charge in [-0.2, -0.15) is 0 Å². The number of hydrogen-bond donors (Lipinski definition) is 0. The molecule has 2 aliphatic rings. The van der Waals surface area contributed by atoms with Crippen LogP contribution >= 0.6 is 0 Å². The second-order valence-electron chi connectivity index (χ2n) is 8.39. The van der Waals surface area contributed by atoms with Crippen molar-refractivity contribution in [3.63, 3.8) is 0 Å². The first kappa shape index (κ1) is 19.2. The van der Waals surface area contributed by atoms with Gasteiger partial charge in [-0.15, -0.1) is 0 Å². The van der Waals surface area contributed by atoms with Crippen molar-refractivity contribution >= 4 is 18.3 Å². The van der Waals surface area contributed by atoms with Crippen molar-refractivity contribution in [2.75, 3.05) is 6.61 Å². The van der Waals surface area contributed by atoms with Crippen LogP contribution in [-0.4, -0.2) is 29.9 Å². The molecule has 7 heteroatoms. The van der Waals surface area contributed by atoms with E-state index in [2.05, 4.69) is 0 Å². The van der Waals surface area contributed by atoms with Crippen molar-refractivity contribution in [1.82, 2.24) is 0 Å². The first-order valence-corrected chi connectivity index (χ1v) is 9.46. The maximum absolute atomic E-state index is 11.5. The zero-order valence-corrected chi connectivity index (χ0v) is 16.1. The predicted octanol–water partition coefficient (Wildman–Crippen LogP) is 3.85. The summed E-state index contributed by atoms with van der Waals surface area (Å²) in [5.41, 5.74) is -0.362. The van der Waals surface area contributed by atoms with E-state index in [1.807, 2.05) is 27.7 Å². The van der Waals surface area contributed by atoms with Gasteiger partial charge in [0.05, 0.1) is 22.7 Å². The first-order chi connectivity index (χ1) is 12.2. The molecule has 1 saturated carbocycles. The Labute approximate surface area is 155 Å². The van der Waals surface area contributed by atoms with Gasteiger partial charge in [0.25, 0.3) is 0 Å². The van der Waals surface area contributed by atoms with E-state index in [0.29, 0.717) is 23.7 Å². The van der Waals surface area contributed by atoms with E-state index < -0.39 is 23.2 Å². The lowest BCUT2D eigenvalue weighted by molar-refractivity contribution is -0.385. The third-order valence-corrected chi connectivity index (χ3v) is 5.90. The van der Waals surface area contributed by atoms with E-state index in [1.54, 1.807) is 12.1 Å². The molecule has 0 bridgehead atoms. The number of ether oxygens (including phenoxy) is 1. The van der Waals surface area contributed by atoms with Crippen LogP contribution in [-0.2, 0) is 9.31 Å². The van der Waals surface area contributed by atoms with Gasteiger partial charge in [-0.05, 0) is 58.0 Å². The summed E-state index contributed by atoms with van der Waals surface area (Å²) in [4.78, 5) is 11.1. The summed E-state index contributed by atoms with van der Waals surface area (Å²) in [6.45, 7) is 8.38. The molecule has 26 heavy (non-hydrogen) atoms. The highest BCUT2D eigenvalue weighted by molar-refractivity contribution is 6.62. The number of rotatable bonds is 5. The van der Waals surface area contributed by atoms with Crippen LogP contribution in [0.1, 0.15) is 59.8 Å². The number of benzene rings is 1. The highest BCUT2D eigenvalue weighted by atomic mass is 16.7. The molecule has 1 heterocycles. The van der Waals surface area contributed by atoms with E-state index in [1.165, 1.54) is 25.3 Å². The molecule has 0 radical (unpaired) electrons. The lowest BCUT2D eigenvalue weighted by atomic mass is 9.79. The molecule has 142 valence electrons. The molecule has 0 atom stereocenters. The Balaban J connectivity index is 1.76. The predicted molar refractivity (Wildman–Crippen MR) is 101 cm³/mol. The summed E-state index contributed by atoms with van der Waals surface area (Å²) >= 11 is 0. The third kappa shape index (κ3) is 3.88. The second-order valence-corrected chi connectivity index (χ2v) is 8.39. The highest BCUT2D eigenvalue weighted by Crippen LogP contribution is 2.37. The maximum atomic E-state index is 11.5. The largest absolute Gasteiger partial charge is 0.495 e. The standard InChI is InChI=1S/C19H28BNO5/c1-18(2)19(3,4)26-20(25-18)15-10-11-17(16(12-15)21(22)23)24-13-14-8-6-5-7-9-14/h10-12,14H,5-9,13H2,1-4H3. The molecule has 2 fully saturated rings. The molecule has 6 nitrogen and oxygen atoms in total. The molecule has 1 aromatic rings. The van der Waals surface area contributed by atoms with Crippen LogP contribution in [0.2, 0.25) is 0 Å². The van der Waals surface area contributed by atoms with Crippen LogP contribution in [0, 0.1) is 16.0 Å². The molecule has 0 aromatic heterocycles. The summed E-state index contributed by atoms with van der Waals surface area (Å²) in [6.07, 6.45) is 5.99. The smallest absolute Gasteiger partial charge is 0.487 e. The van der Waals surface area contributed by atoms with Crippen molar-refractivity contribution in [3.05, 3.63) is 28.3 Å². The van der Waals surface area contributed by atoms with Crippen LogP contribution in [0.3, 0.4) is 0 Å². The Kier molecular flexibility index (Phi) is 5.31. The first-order valence-electron chi connectivity index (χ1n) is 9.46. The number of nitro groups is 1. The Morgan fingerprint density at radius 2 is 1.77 bits per heavy atom. The summed E-state index contributed by atoms with van der Waals surface area (Å²) < 4.78 is 17.8. The minimum absolute atomic E-state index is 0.0342. The van der Waals surface area contributed by atoms with Crippen LogP contribution in [0.15, 0.2) is 18.2 Å². The van der Waals surface area contributed by atoms with Crippen LogP contribution in [0.4, 0.5) is 5.69 Å². The number of nitrogens with zero attached hydrogens (tertiary/aromatic N) is 1. The van der Waals surface area contributed by atoms with E-state index in [0.717, 1.165) is 12.8 Å². The molecular weight excluding hydrogens is 333 g/mol. The SMILES string of the molecule is CC1(C)OB(c2ccc(OCC3CCCCC3)c([N+](=O)[O-])c2)OC1(C)C. The van der Waals surface area contributed by atoms with Gasteiger partial charge in [0, 0.05) is 6.07 Å². The van der Waals surface area contributed by atoms with Crippen molar-refractivity contribution in [3.8, 4) is 5.75 Å². The molecule has 0 N–H and O–H groups in total. The number of hydrogen-bond acceptors (Lipinski definition) is 5. The fourth-order valence-electron chi connectivity index (χ4n) is 3.49. The highest BCUT2D eigenvalue weighted by Gasteiger charge is 2.52. The van der Waals surface area contributed by atoms with Crippen molar-refractivity contribution in [2.45, 2.75) is 71.0 Å². The Morgan fingerprint density at radius 1 is 1.15 bits per heavy atom. The molecule has 1 aliphatic carbocycles. The fourth-order valence-corrected chi connectivity index (χ4v) is 3.49. The molecule has 1 aromatic carbocycles. The van der Waals surface area contributed by atoms with Gasteiger partial charge < -0.3 is 14.0 Å². The zero-order chi connectivity index (χ0) is 18.9. The van der Waals surface area contributed by atoms with Crippen LogP contribution in [0.5, 0.6) is 5.75 Å². The lowest BCUT2D eigenvalue weighted by Gasteiger charge is -2.32. The Bertz CT molecular complexity index is 654. The van der Waals surface area contributed by atoms with Gasteiger partial charge in [-0.1, -0.05) is 25.3 Å². The Morgan fingerprint density at radius 3 is 2.35 bits per heavy atom. The topological polar surface area (TPSA) is 70.8 Å². The van der Waals surface area contributed by atoms with E-state index >= 15 is 0 Å². The normalized spacial score (nSPS) is 22.4. The zero-order valence-electron chi connectivity index (χ0n) is 16.1. The molecule has 0 spiro atoms. The number of nitro benzene ring substituents is 1.